The van der Waals surface area contributed by atoms with Crippen molar-refractivity contribution in [3.8, 4) is 11.5 Å². The third kappa shape index (κ3) is 5.65. The highest BCUT2D eigenvalue weighted by Gasteiger charge is 2.29. The van der Waals surface area contributed by atoms with Crippen LogP contribution in [-0.2, 0) is 6.54 Å². The van der Waals surface area contributed by atoms with Crippen LogP contribution in [0.1, 0.15) is 16.7 Å². The number of rotatable bonds is 8. The van der Waals surface area contributed by atoms with E-state index in [4.69, 9.17) is 9.47 Å². The van der Waals surface area contributed by atoms with Gasteiger partial charge in [-0.05, 0) is 54.1 Å². The summed E-state index contributed by atoms with van der Waals surface area (Å²) in [6.45, 7) is 0.927. The van der Waals surface area contributed by atoms with Gasteiger partial charge in [-0.1, -0.05) is 42.5 Å². The van der Waals surface area contributed by atoms with Gasteiger partial charge in [0.15, 0.2) is 0 Å². The summed E-state index contributed by atoms with van der Waals surface area (Å²) >= 11 is 0. The van der Waals surface area contributed by atoms with Crippen LogP contribution in [0.4, 0.5) is 8.78 Å². The number of benzene rings is 3. The summed E-state index contributed by atoms with van der Waals surface area (Å²) in [5, 5.41) is 22.1. The number of aliphatic hydroxyl groups is 2. The predicted octanol–water partition coefficient (Wildman–Crippen LogP) is 4.44. The lowest BCUT2D eigenvalue weighted by atomic mass is 10.0. The molecule has 5 rings (SSSR count). The number of nitrogens with zero attached hydrogens (tertiary/aromatic N) is 1. The van der Waals surface area contributed by atoms with Crippen LogP contribution < -0.4 is 9.47 Å². The van der Waals surface area contributed by atoms with E-state index in [0.717, 1.165) is 5.56 Å². The Kier molecular flexibility index (Phi) is 7.13. The van der Waals surface area contributed by atoms with E-state index in [1.807, 2.05) is 35.2 Å². The van der Waals surface area contributed by atoms with Gasteiger partial charge in [-0.2, -0.15) is 0 Å². The van der Waals surface area contributed by atoms with Crippen LogP contribution in [-0.4, -0.2) is 52.6 Å². The predicted molar refractivity (Wildman–Crippen MR) is 133 cm³/mol. The maximum absolute atomic E-state index is 13.5. The van der Waals surface area contributed by atoms with Crippen LogP contribution in [0.2, 0.25) is 0 Å². The van der Waals surface area contributed by atoms with E-state index in [1.54, 1.807) is 36.4 Å². The minimum atomic E-state index is -0.901. The lowest BCUT2D eigenvalue weighted by Crippen LogP contribution is -2.46. The fourth-order valence-electron chi connectivity index (χ4n) is 4.48. The van der Waals surface area contributed by atoms with Crippen LogP contribution in [0.25, 0.3) is 12.2 Å². The second-order valence-corrected chi connectivity index (χ2v) is 9.06. The van der Waals surface area contributed by atoms with Gasteiger partial charge in [0.2, 0.25) is 0 Å². The Bertz CT molecular complexity index is 1190. The van der Waals surface area contributed by atoms with Crippen LogP contribution in [0.15, 0.2) is 78.9 Å². The number of halogens is 2. The summed E-state index contributed by atoms with van der Waals surface area (Å²) in [6, 6.07) is 18.3. The fraction of sp³-hybridized carbons (Fsp3) is 0.241. The highest BCUT2D eigenvalue weighted by atomic mass is 19.1. The van der Waals surface area contributed by atoms with Crippen molar-refractivity contribution in [2.45, 2.75) is 31.0 Å². The van der Waals surface area contributed by atoms with Crippen molar-refractivity contribution in [1.29, 1.82) is 0 Å². The Morgan fingerprint density at radius 2 is 1.22 bits per heavy atom. The minimum Gasteiger partial charge on any atom is -0.483 e. The third-order valence-electron chi connectivity index (χ3n) is 6.30. The molecule has 3 aromatic rings. The van der Waals surface area contributed by atoms with E-state index in [2.05, 4.69) is 0 Å². The fourth-order valence-corrected chi connectivity index (χ4v) is 4.48. The maximum Gasteiger partial charge on any atom is 0.144 e. The van der Waals surface area contributed by atoms with Crippen LogP contribution >= 0.6 is 0 Å². The van der Waals surface area contributed by atoms with Crippen molar-refractivity contribution in [2.75, 3.05) is 13.1 Å². The van der Waals surface area contributed by atoms with Crippen molar-refractivity contribution in [1.82, 2.24) is 4.90 Å². The van der Waals surface area contributed by atoms with Gasteiger partial charge in [-0.25, -0.2) is 8.78 Å². The first-order chi connectivity index (χ1) is 17.4. The zero-order valence-electron chi connectivity index (χ0n) is 19.5. The molecule has 0 aromatic heterocycles. The molecule has 7 heteroatoms. The Morgan fingerprint density at radius 1 is 0.722 bits per heavy atom. The number of hydrogen-bond donors (Lipinski definition) is 2. The largest absolute Gasteiger partial charge is 0.483 e. The lowest BCUT2D eigenvalue weighted by molar-refractivity contribution is -0.00267. The zero-order chi connectivity index (χ0) is 25.1. The molecule has 5 nitrogen and oxygen atoms in total. The maximum atomic E-state index is 13.5. The first-order valence-electron chi connectivity index (χ1n) is 11.9. The molecule has 2 N–H and O–H groups in total. The molecular weight excluding hydrogens is 464 g/mol. The third-order valence-corrected chi connectivity index (χ3v) is 6.30. The number of aliphatic hydroxyl groups excluding tert-OH is 2. The molecule has 36 heavy (non-hydrogen) atoms. The molecule has 0 aliphatic carbocycles. The van der Waals surface area contributed by atoms with Crippen molar-refractivity contribution in [3.63, 3.8) is 0 Å². The summed E-state index contributed by atoms with van der Waals surface area (Å²) in [6.07, 6.45) is 3.88. The molecular formula is C29H27F2NO4. The molecule has 2 heterocycles. The van der Waals surface area contributed by atoms with E-state index in [9.17, 15) is 19.0 Å². The molecule has 0 saturated carbocycles. The van der Waals surface area contributed by atoms with Gasteiger partial charge in [-0.3, -0.25) is 4.90 Å². The van der Waals surface area contributed by atoms with Gasteiger partial charge >= 0.3 is 0 Å². The zero-order valence-corrected chi connectivity index (χ0v) is 19.5. The smallest absolute Gasteiger partial charge is 0.144 e. The molecule has 0 radical (unpaired) electrons. The van der Waals surface area contributed by atoms with Crippen LogP contribution in [0.3, 0.4) is 0 Å². The molecule has 0 unspecified atom stereocenters. The van der Waals surface area contributed by atoms with E-state index < -0.39 is 24.4 Å². The molecule has 0 fully saturated rings. The number of fused-ring (bicyclic) bond motifs is 2. The summed E-state index contributed by atoms with van der Waals surface area (Å²) < 4.78 is 38.8. The number of ether oxygens (including phenoxy) is 2. The topological polar surface area (TPSA) is 62.2 Å². The van der Waals surface area contributed by atoms with Gasteiger partial charge < -0.3 is 19.7 Å². The molecule has 3 aromatic carbocycles. The van der Waals surface area contributed by atoms with Gasteiger partial charge in [0.1, 0.15) is 47.5 Å². The van der Waals surface area contributed by atoms with Crippen LogP contribution in [0, 0.1) is 11.6 Å². The SMILES string of the molecule is O[C@H](CN(Cc1ccccc1)C[C@H](O)[C@@H]1C=Cc2cc(F)ccc2O1)[C@@H]1C=Cc2cc(F)ccc2O1. The summed E-state index contributed by atoms with van der Waals surface area (Å²) in [7, 11) is 0. The second-order valence-electron chi connectivity index (χ2n) is 9.06. The molecule has 0 saturated heterocycles. The quantitative estimate of drug-likeness (QED) is 0.488. The highest BCUT2D eigenvalue weighted by Crippen LogP contribution is 2.29. The molecule has 2 aliphatic heterocycles. The minimum absolute atomic E-state index is 0.218. The standard InChI is InChI=1S/C29H27F2NO4/c30-22-8-12-26-20(14-22)6-10-28(35-26)24(33)17-32(16-19-4-2-1-3-5-19)18-25(34)29-11-7-21-15-23(31)9-13-27(21)36-29/h1-15,24-25,28-29,33-34H,16-18H2/t24-,25+,28-,29-/m0/s1. The molecule has 186 valence electrons. The van der Waals surface area contributed by atoms with Gasteiger partial charge in [0, 0.05) is 30.8 Å². The highest BCUT2D eigenvalue weighted by molar-refractivity contribution is 5.61. The van der Waals surface area contributed by atoms with E-state index in [1.165, 1.54) is 24.3 Å². The molecule has 0 amide bonds. The molecule has 0 spiro atoms. The van der Waals surface area contributed by atoms with Crippen molar-refractivity contribution in [2.24, 2.45) is 0 Å². The summed E-state index contributed by atoms with van der Waals surface area (Å²) in [4.78, 5) is 1.94. The lowest BCUT2D eigenvalue weighted by Gasteiger charge is -2.33. The normalized spacial score (nSPS) is 19.7. The average molecular weight is 492 g/mol. The Labute approximate surface area is 208 Å². The second kappa shape index (κ2) is 10.6. The van der Waals surface area contributed by atoms with E-state index in [0.29, 0.717) is 29.2 Å². The van der Waals surface area contributed by atoms with Crippen molar-refractivity contribution >= 4 is 12.2 Å². The Balaban J connectivity index is 1.28. The molecule has 0 bridgehead atoms. The monoisotopic (exact) mass is 491 g/mol. The Hall–Kier alpha value is -3.52. The Morgan fingerprint density at radius 3 is 1.72 bits per heavy atom. The first kappa shape index (κ1) is 24.2. The van der Waals surface area contributed by atoms with Gasteiger partial charge in [-0.15, -0.1) is 0 Å². The number of hydrogen-bond acceptors (Lipinski definition) is 5. The van der Waals surface area contributed by atoms with Crippen LogP contribution in [0.5, 0.6) is 11.5 Å². The van der Waals surface area contributed by atoms with Gasteiger partial charge in [0.25, 0.3) is 0 Å². The van der Waals surface area contributed by atoms with E-state index >= 15 is 0 Å². The van der Waals surface area contributed by atoms with Crippen molar-refractivity contribution < 1.29 is 28.5 Å². The first-order valence-corrected chi connectivity index (χ1v) is 11.9. The van der Waals surface area contributed by atoms with Crippen molar-refractivity contribution in [3.05, 3.63) is 107 Å². The summed E-state index contributed by atoms with van der Waals surface area (Å²) in [5.41, 5.74) is 2.27. The molecule has 2 aliphatic rings. The molecule has 4 atom stereocenters. The van der Waals surface area contributed by atoms with Gasteiger partial charge in [0.05, 0.1) is 0 Å². The van der Waals surface area contributed by atoms with E-state index in [-0.39, 0.29) is 24.7 Å². The summed E-state index contributed by atoms with van der Waals surface area (Å²) in [5.74, 6) is 0.313. The average Bonchev–Trinajstić information content (AvgIpc) is 2.88.